The van der Waals surface area contributed by atoms with Gasteiger partial charge in [0.15, 0.2) is 0 Å². The number of aromatic nitrogens is 4. The van der Waals surface area contributed by atoms with Crippen LogP contribution in [0, 0.1) is 44.4 Å². The molecule has 4 aromatic rings. The molecule has 38 heavy (non-hydrogen) atoms. The fourth-order valence-electron chi connectivity index (χ4n) is 4.70. The zero-order valence-corrected chi connectivity index (χ0v) is 26.5. The van der Waals surface area contributed by atoms with E-state index in [1.807, 2.05) is 40.2 Å². The Morgan fingerprint density at radius 2 is 1.37 bits per heavy atom. The van der Waals surface area contributed by atoms with Crippen LogP contribution >= 0.6 is 0 Å². The molecule has 0 bridgehead atoms. The van der Waals surface area contributed by atoms with Crippen LogP contribution in [0.3, 0.4) is 0 Å². The van der Waals surface area contributed by atoms with Crippen LogP contribution in [0.2, 0.25) is 0 Å². The van der Waals surface area contributed by atoms with E-state index < -0.39 is 0 Å². The first-order valence-electron chi connectivity index (χ1n) is 12.9. The summed E-state index contributed by atoms with van der Waals surface area (Å²) < 4.78 is 8.13. The fraction of sp³-hybridized carbons (Fsp3) is 0.406. The second-order valence-corrected chi connectivity index (χ2v) is 10.7. The van der Waals surface area contributed by atoms with Gasteiger partial charge in [0.25, 0.3) is 0 Å². The van der Waals surface area contributed by atoms with Gasteiger partial charge >= 0.3 is 21.1 Å². The minimum absolute atomic E-state index is 0. The number of imidazole rings is 2. The van der Waals surface area contributed by atoms with Crippen molar-refractivity contribution in [2.45, 2.75) is 73.1 Å². The molecule has 6 heteroatoms. The molecule has 0 amide bonds. The van der Waals surface area contributed by atoms with Crippen molar-refractivity contribution in [1.29, 1.82) is 5.26 Å². The van der Waals surface area contributed by atoms with E-state index in [1.165, 1.54) is 33.5 Å². The molecule has 0 saturated heterocycles. The summed E-state index contributed by atoms with van der Waals surface area (Å²) >= 11 is 0. The first kappa shape index (κ1) is 31.3. The third-order valence-corrected chi connectivity index (χ3v) is 7.08. The maximum atomic E-state index is 6.25. The van der Waals surface area contributed by atoms with Gasteiger partial charge in [0.2, 0.25) is 12.7 Å². The normalized spacial score (nSPS) is 11.0. The third kappa shape index (κ3) is 6.19. The average molecular weight is 689 g/mol. The van der Waals surface area contributed by atoms with E-state index in [0.717, 1.165) is 17.1 Å². The zero-order valence-electron chi connectivity index (χ0n) is 24.2. The van der Waals surface area contributed by atoms with Gasteiger partial charge in [0.05, 0.1) is 14.1 Å². The van der Waals surface area contributed by atoms with E-state index in [0.29, 0.717) is 17.8 Å². The van der Waals surface area contributed by atoms with Crippen molar-refractivity contribution in [2.24, 2.45) is 14.1 Å². The summed E-state index contributed by atoms with van der Waals surface area (Å²) in [6.07, 6.45) is 10.9. The predicted molar refractivity (Wildman–Crippen MR) is 146 cm³/mol. The minimum Gasteiger partial charge on any atom is -0.512 e. The molecule has 0 radical (unpaired) electrons. The van der Waals surface area contributed by atoms with Crippen LogP contribution in [0.25, 0.3) is 22.5 Å². The molecular weight excluding hydrogens is 649 g/mol. The first-order valence-corrected chi connectivity index (χ1v) is 12.9. The average Bonchev–Trinajstić information content (AvgIpc) is 3.42. The van der Waals surface area contributed by atoms with Crippen LogP contribution < -0.4 is 9.13 Å². The van der Waals surface area contributed by atoms with Crippen LogP contribution in [0.4, 0.5) is 0 Å². The molecule has 4 rings (SSSR count). The molecule has 0 N–H and O–H groups in total. The van der Waals surface area contributed by atoms with Crippen LogP contribution in [0.1, 0.15) is 87.4 Å². The van der Waals surface area contributed by atoms with Gasteiger partial charge in [-0.3, -0.25) is 0 Å². The minimum atomic E-state index is 0. The fourth-order valence-corrected chi connectivity index (χ4v) is 4.70. The Kier molecular flexibility index (Phi) is 10.5. The molecule has 2 aromatic carbocycles. The van der Waals surface area contributed by atoms with Crippen molar-refractivity contribution in [2.75, 3.05) is 0 Å². The number of benzene rings is 2. The number of rotatable bonds is 6. The SMILES string of the molecule is Cc1c(C)[n+](-c2[c-]c(-[n+]3[c-]n(C)cc3)cc(-c3c(C(C)C)cc(C(C)C)cc3C(C)C)c2)[c-]n1C.[C-]#N.[Pt+4]. The summed E-state index contributed by atoms with van der Waals surface area (Å²) in [4.78, 5) is 0. The van der Waals surface area contributed by atoms with Crippen molar-refractivity contribution in [1.82, 2.24) is 9.13 Å². The third-order valence-electron chi connectivity index (χ3n) is 7.08. The molecule has 0 fully saturated rings. The van der Waals surface area contributed by atoms with Gasteiger partial charge in [-0.15, -0.1) is 5.56 Å². The molecule has 0 aliphatic carbocycles. The molecule has 0 atom stereocenters. The number of nitrogens with zero attached hydrogens (tertiary/aromatic N) is 5. The number of hydrogen-bond donors (Lipinski definition) is 0. The first-order chi connectivity index (χ1) is 17.5. The van der Waals surface area contributed by atoms with Crippen LogP contribution in [0.5, 0.6) is 0 Å². The Bertz CT molecular complexity index is 1390. The summed E-state index contributed by atoms with van der Waals surface area (Å²) in [5, 5.41) is 6.25. The quantitative estimate of drug-likeness (QED) is 0.179. The van der Waals surface area contributed by atoms with Gasteiger partial charge in [-0.1, -0.05) is 65.0 Å². The molecular formula is C32H39N5Pt+2. The summed E-state index contributed by atoms with van der Waals surface area (Å²) in [7, 11) is 4.04. The van der Waals surface area contributed by atoms with Gasteiger partial charge in [-0.2, -0.15) is 18.2 Å². The van der Waals surface area contributed by atoms with Crippen LogP contribution in [0.15, 0.2) is 36.7 Å². The van der Waals surface area contributed by atoms with E-state index in [-0.39, 0.29) is 21.1 Å². The summed E-state index contributed by atoms with van der Waals surface area (Å²) in [5.41, 5.74) is 11.1. The largest absolute Gasteiger partial charge is 4.00 e. The maximum Gasteiger partial charge on any atom is 4.00 e. The molecule has 5 nitrogen and oxygen atoms in total. The zero-order chi connectivity index (χ0) is 27.6. The molecule has 0 aliphatic heterocycles. The Balaban J connectivity index is 0.00000165. The van der Waals surface area contributed by atoms with Crippen LogP contribution in [-0.2, 0) is 35.2 Å². The number of aryl methyl sites for hydroxylation is 2. The summed E-state index contributed by atoms with van der Waals surface area (Å²) in [6.45, 7) is 22.8. The Labute approximate surface area is 243 Å². The van der Waals surface area contributed by atoms with Gasteiger partial charge in [-0.25, -0.2) is 0 Å². The van der Waals surface area contributed by atoms with Crippen molar-refractivity contribution in [3.8, 4) is 22.5 Å². The Morgan fingerprint density at radius 1 is 0.816 bits per heavy atom. The summed E-state index contributed by atoms with van der Waals surface area (Å²) in [5.74, 6) is 1.31. The van der Waals surface area contributed by atoms with Crippen molar-refractivity contribution >= 4 is 0 Å². The Hall–Kier alpha value is -2.96. The smallest absolute Gasteiger partial charge is 0.512 e. The molecule has 2 heterocycles. The second-order valence-electron chi connectivity index (χ2n) is 10.7. The van der Waals surface area contributed by atoms with E-state index >= 15 is 0 Å². The van der Waals surface area contributed by atoms with Crippen LogP contribution in [-0.4, -0.2) is 9.13 Å². The van der Waals surface area contributed by atoms with Crippen molar-refractivity contribution < 1.29 is 30.2 Å². The maximum absolute atomic E-state index is 6.25. The van der Waals surface area contributed by atoms with E-state index in [1.54, 1.807) is 0 Å². The molecule has 0 unspecified atom stereocenters. The van der Waals surface area contributed by atoms with E-state index in [2.05, 4.69) is 103 Å². The molecule has 0 spiro atoms. The van der Waals surface area contributed by atoms with Gasteiger partial charge in [-0.05, 0) is 53.9 Å². The predicted octanol–water partition coefficient (Wildman–Crippen LogP) is 6.07. The van der Waals surface area contributed by atoms with Crippen molar-refractivity contribution in [3.05, 3.63) is 90.0 Å². The van der Waals surface area contributed by atoms with E-state index in [9.17, 15) is 0 Å². The Morgan fingerprint density at radius 3 is 1.79 bits per heavy atom. The monoisotopic (exact) mass is 688 g/mol. The molecule has 2 aromatic heterocycles. The van der Waals surface area contributed by atoms with Gasteiger partial charge in [0, 0.05) is 23.8 Å². The van der Waals surface area contributed by atoms with Crippen molar-refractivity contribution in [3.63, 3.8) is 0 Å². The summed E-state index contributed by atoms with van der Waals surface area (Å²) in [6, 6.07) is 13.0. The molecule has 200 valence electrons. The number of hydrogen-bond acceptors (Lipinski definition) is 1. The second kappa shape index (κ2) is 12.7. The van der Waals surface area contributed by atoms with Gasteiger partial charge < -0.3 is 30.1 Å². The topological polar surface area (TPSA) is 41.4 Å². The molecule has 0 saturated carbocycles. The van der Waals surface area contributed by atoms with E-state index in [4.69, 9.17) is 11.8 Å². The van der Waals surface area contributed by atoms with Gasteiger partial charge in [0.1, 0.15) is 0 Å². The standard InChI is InChI=1S/C31H39N4.CN.Pt/c1-20(2)25-15-29(21(3)4)31(30(16-25)22(5)6)26-13-27(34-12-11-32(9)18-34)17-28(14-26)35-19-33(10)23(7)24(35)8;1-2;/h11-16,20-22H,1-10H3;;/q2*-1;+4. The molecule has 0 aliphatic rings.